The Morgan fingerprint density at radius 2 is 1.96 bits per heavy atom. The summed E-state index contributed by atoms with van der Waals surface area (Å²) >= 11 is 9.56. The Balaban J connectivity index is 2.89. The summed E-state index contributed by atoms with van der Waals surface area (Å²) in [4.78, 5) is 4.00. The van der Waals surface area contributed by atoms with Gasteiger partial charge < -0.3 is 24.3 Å². The summed E-state index contributed by atoms with van der Waals surface area (Å²) in [5, 5.41) is 5.55. The van der Waals surface area contributed by atoms with E-state index < -0.39 is 8.80 Å². The van der Waals surface area contributed by atoms with Crippen molar-refractivity contribution in [1.82, 2.24) is 0 Å². The van der Waals surface area contributed by atoms with E-state index in [4.69, 9.17) is 31.2 Å². The second-order valence-electron chi connectivity index (χ2n) is 4.68. The van der Waals surface area contributed by atoms with Gasteiger partial charge in [0.25, 0.3) is 0 Å². The molecule has 0 aliphatic heterocycles. The third-order valence-electron chi connectivity index (χ3n) is 3.38. The first kappa shape index (κ1) is 19.9. The number of nitrogens with two attached hydrogens (primary N) is 1. The van der Waals surface area contributed by atoms with Gasteiger partial charge in [0.15, 0.2) is 5.11 Å². The van der Waals surface area contributed by atoms with Crippen molar-refractivity contribution >= 4 is 54.9 Å². The highest BCUT2D eigenvalue weighted by Gasteiger charge is 2.36. The fraction of sp³-hybridized carbons (Fsp3) is 0.429. The van der Waals surface area contributed by atoms with Crippen LogP contribution >= 0.6 is 24.4 Å². The number of hydrogen-bond donors (Lipinski definition) is 2. The maximum atomic E-state index is 5.57. The van der Waals surface area contributed by atoms with Crippen LogP contribution in [-0.4, -0.2) is 40.4 Å². The van der Waals surface area contributed by atoms with Crippen LogP contribution < -0.4 is 11.1 Å². The molecular formula is C14H21N3O3S2Si. The maximum Gasteiger partial charge on any atom is 0.500 e. The molecule has 3 N–H and O–H groups in total. The van der Waals surface area contributed by atoms with Crippen molar-refractivity contribution in [2.45, 2.75) is 18.9 Å². The number of anilines is 1. The van der Waals surface area contributed by atoms with Crippen molar-refractivity contribution in [1.29, 1.82) is 0 Å². The smallest absolute Gasteiger partial charge is 0.377 e. The van der Waals surface area contributed by atoms with Gasteiger partial charge in [-0.2, -0.15) is 4.99 Å². The molecule has 0 atom stereocenters. The van der Waals surface area contributed by atoms with E-state index in [0.717, 1.165) is 29.8 Å². The number of benzene rings is 1. The van der Waals surface area contributed by atoms with Gasteiger partial charge in [-0.25, -0.2) is 0 Å². The van der Waals surface area contributed by atoms with Crippen LogP contribution in [0.25, 0.3) is 0 Å². The molecule has 0 aliphatic rings. The van der Waals surface area contributed by atoms with Crippen molar-refractivity contribution in [3.8, 4) is 0 Å². The Bertz CT molecular complexity index is 582. The maximum absolute atomic E-state index is 5.57. The van der Waals surface area contributed by atoms with Gasteiger partial charge in [0.05, 0.1) is 10.8 Å². The molecule has 1 rings (SSSR count). The molecule has 1 aromatic rings. The van der Waals surface area contributed by atoms with Gasteiger partial charge in [-0.05, 0) is 61.0 Å². The quantitative estimate of drug-likeness (QED) is 0.392. The predicted molar refractivity (Wildman–Crippen MR) is 101 cm³/mol. The number of aliphatic imine (C=N–C) groups is 1. The molecule has 6 nitrogen and oxygen atoms in total. The van der Waals surface area contributed by atoms with E-state index in [1.54, 1.807) is 21.3 Å². The predicted octanol–water partition coefficient (Wildman–Crippen LogP) is 2.89. The lowest BCUT2D eigenvalue weighted by Crippen LogP contribution is -2.42. The minimum Gasteiger partial charge on any atom is -0.377 e. The molecule has 0 aromatic heterocycles. The molecule has 0 saturated carbocycles. The Hall–Kier alpha value is -1.19. The highest BCUT2D eigenvalue weighted by atomic mass is 32.1. The molecule has 0 spiro atoms. The lowest BCUT2D eigenvalue weighted by atomic mass is 10.1. The van der Waals surface area contributed by atoms with Crippen LogP contribution in [0.15, 0.2) is 23.2 Å². The van der Waals surface area contributed by atoms with Gasteiger partial charge in [-0.1, -0.05) is 0 Å². The topological polar surface area (TPSA) is 78.1 Å². The summed E-state index contributed by atoms with van der Waals surface area (Å²) in [7, 11) is 2.24. The average molecular weight is 372 g/mol. The van der Waals surface area contributed by atoms with Crippen molar-refractivity contribution < 1.29 is 13.3 Å². The number of nitrogens with one attached hydrogen (secondary N) is 1. The van der Waals surface area contributed by atoms with Gasteiger partial charge >= 0.3 is 8.80 Å². The van der Waals surface area contributed by atoms with E-state index in [0.29, 0.717) is 6.04 Å². The van der Waals surface area contributed by atoms with Crippen LogP contribution in [0.2, 0.25) is 6.04 Å². The molecule has 1 aromatic carbocycles. The van der Waals surface area contributed by atoms with Crippen LogP contribution in [0.3, 0.4) is 0 Å². The number of hydrogen-bond acceptors (Lipinski definition) is 6. The Kier molecular flexibility index (Phi) is 8.49. The summed E-state index contributed by atoms with van der Waals surface area (Å²) < 4.78 is 16.3. The summed E-state index contributed by atoms with van der Waals surface area (Å²) in [6.07, 6.45) is 1.58. The summed E-state index contributed by atoms with van der Waals surface area (Å²) in [5.74, 6) is 0. The molecule has 0 fully saturated rings. The Morgan fingerprint density at radius 3 is 2.48 bits per heavy atom. The van der Waals surface area contributed by atoms with Gasteiger partial charge in [-0.15, -0.1) is 0 Å². The molecule has 0 heterocycles. The van der Waals surface area contributed by atoms with E-state index in [9.17, 15) is 0 Å². The van der Waals surface area contributed by atoms with Crippen LogP contribution in [0, 0.1) is 0 Å². The molecular weight excluding hydrogens is 350 g/mol. The van der Waals surface area contributed by atoms with Crippen LogP contribution in [0.4, 0.5) is 11.4 Å². The molecule has 0 unspecified atom stereocenters. The third kappa shape index (κ3) is 6.07. The Morgan fingerprint density at radius 1 is 1.30 bits per heavy atom. The van der Waals surface area contributed by atoms with Crippen molar-refractivity contribution in [3.05, 3.63) is 23.8 Å². The van der Waals surface area contributed by atoms with Crippen molar-refractivity contribution in [3.63, 3.8) is 0 Å². The van der Waals surface area contributed by atoms with Gasteiger partial charge in [0.1, 0.15) is 0 Å². The average Bonchev–Trinajstić information content (AvgIpc) is 2.54. The second-order valence-corrected chi connectivity index (χ2v) is 8.40. The minimum atomic E-state index is -2.57. The summed E-state index contributed by atoms with van der Waals surface area (Å²) in [5.41, 5.74) is 8.17. The van der Waals surface area contributed by atoms with Gasteiger partial charge in [0, 0.05) is 33.1 Å². The zero-order valence-corrected chi connectivity index (χ0v) is 16.1. The first-order chi connectivity index (χ1) is 11.0. The van der Waals surface area contributed by atoms with Crippen LogP contribution in [0.5, 0.6) is 0 Å². The molecule has 0 saturated heterocycles. The molecule has 0 bridgehead atoms. The first-order valence-corrected chi connectivity index (χ1v) is 9.67. The second kappa shape index (κ2) is 9.84. The highest BCUT2D eigenvalue weighted by Crippen LogP contribution is 2.25. The molecule has 126 valence electrons. The van der Waals surface area contributed by atoms with E-state index in [-0.39, 0.29) is 5.11 Å². The fourth-order valence-electron chi connectivity index (χ4n) is 2.22. The zero-order valence-electron chi connectivity index (χ0n) is 13.4. The largest absolute Gasteiger partial charge is 0.500 e. The van der Waals surface area contributed by atoms with Crippen molar-refractivity contribution in [2.24, 2.45) is 10.7 Å². The van der Waals surface area contributed by atoms with E-state index in [1.807, 2.05) is 18.2 Å². The number of thiocarbonyl (C=S) groups is 2. The summed E-state index contributed by atoms with van der Waals surface area (Å²) in [6.45, 7) is 0. The van der Waals surface area contributed by atoms with Gasteiger partial charge in [-0.3, -0.25) is 0 Å². The summed E-state index contributed by atoms with van der Waals surface area (Å²) in [6, 6.07) is 6.31. The van der Waals surface area contributed by atoms with Gasteiger partial charge in [0.2, 0.25) is 0 Å². The van der Waals surface area contributed by atoms with Crippen LogP contribution in [-0.2, 0) is 19.7 Å². The lowest BCUT2D eigenvalue weighted by Gasteiger charge is -2.24. The highest BCUT2D eigenvalue weighted by molar-refractivity contribution is 7.80. The molecule has 9 heteroatoms. The normalized spacial score (nSPS) is 10.9. The molecule has 0 aliphatic carbocycles. The van der Waals surface area contributed by atoms with E-state index in [2.05, 4.69) is 27.7 Å². The number of isothiocyanates is 1. The fourth-order valence-corrected chi connectivity index (χ4v) is 4.15. The zero-order chi connectivity index (χ0) is 17.3. The number of rotatable bonds is 9. The minimum absolute atomic E-state index is 0.215. The third-order valence-corrected chi connectivity index (χ3v) is 6.41. The monoisotopic (exact) mass is 371 g/mol. The molecule has 0 radical (unpaired) electrons. The van der Waals surface area contributed by atoms with Crippen LogP contribution in [0.1, 0.15) is 12.0 Å². The SMILES string of the molecule is CO[Si](CCCc1cc(N=C=S)ccc1NC(N)=S)(OC)OC. The molecule has 23 heavy (non-hydrogen) atoms. The number of nitrogens with zero attached hydrogens (tertiary/aromatic N) is 1. The number of aryl methyl sites for hydroxylation is 1. The Labute approximate surface area is 148 Å². The van der Waals surface area contributed by atoms with E-state index >= 15 is 0 Å². The standard InChI is InChI=1S/C14H21N3O3S2Si/c1-18-23(19-2,20-3)8-4-5-11-9-12(16-10-21)6-7-13(11)17-14(15)22/h6-7,9H,4-5,8H2,1-3H3,(H3,15,17,22). The lowest BCUT2D eigenvalue weighted by molar-refractivity contribution is 0.123. The van der Waals surface area contributed by atoms with E-state index in [1.165, 1.54) is 0 Å². The molecule has 0 amide bonds. The first-order valence-electron chi connectivity index (χ1n) is 6.93. The van der Waals surface area contributed by atoms with Crippen molar-refractivity contribution in [2.75, 3.05) is 26.6 Å².